The fourth-order valence-corrected chi connectivity index (χ4v) is 2.10. The number of hydrogen-bond acceptors (Lipinski definition) is 3. The van der Waals surface area contributed by atoms with Crippen molar-refractivity contribution in [2.45, 2.75) is 25.4 Å². The van der Waals surface area contributed by atoms with E-state index in [0.29, 0.717) is 13.2 Å². The van der Waals surface area contributed by atoms with Crippen molar-refractivity contribution < 1.29 is 23.8 Å². The number of ether oxygens (including phenoxy) is 1. The molecule has 0 radical (unpaired) electrons. The van der Waals surface area contributed by atoms with Crippen molar-refractivity contribution in [3.8, 4) is 0 Å². The first kappa shape index (κ1) is 14.5. The van der Waals surface area contributed by atoms with Crippen LogP contribution in [-0.4, -0.2) is 36.2 Å². The number of rotatable bonds is 4. The van der Waals surface area contributed by atoms with E-state index in [1.165, 1.54) is 12.1 Å². The lowest BCUT2D eigenvalue weighted by Gasteiger charge is -2.22. The van der Waals surface area contributed by atoms with Gasteiger partial charge in [0.05, 0.1) is 17.2 Å². The van der Waals surface area contributed by atoms with Gasteiger partial charge in [-0.3, -0.25) is 4.79 Å². The predicted octanol–water partition coefficient (Wildman–Crippen LogP) is 1.82. The molecule has 5 nitrogen and oxygen atoms in total. The van der Waals surface area contributed by atoms with Crippen LogP contribution in [-0.2, 0) is 4.74 Å². The molecule has 1 aromatic carbocycles. The lowest BCUT2D eigenvalue weighted by Crippen LogP contribution is -2.35. The summed E-state index contributed by atoms with van der Waals surface area (Å²) in [5.41, 5.74) is -0.347. The topological polar surface area (TPSA) is 75.6 Å². The Morgan fingerprint density at radius 3 is 2.80 bits per heavy atom. The van der Waals surface area contributed by atoms with Gasteiger partial charge >= 0.3 is 5.97 Å². The van der Waals surface area contributed by atoms with Gasteiger partial charge in [0, 0.05) is 13.2 Å². The smallest absolute Gasteiger partial charge is 0.335 e. The van der Waals surface area contributed by atoms with E-state index in [1.807, 2.05) is 0 Å². The van der Waals surface area contributed by atoms with Gasteiger partial charge in [0.1, 0.15) is 5.82 Å². The Hall–Kier alpha value is -1.95. The third-order valence-electron chi connectivity index (χ3n) is 3.22. The van der Waals surface area contributed by atoms with Crippen LogP contribution in [0.25, 0.3) is 0 Å². The average Bonchev–Trinajstić information content (AvgIpc) is 2.45. The predicted molar refractivity (Wildman–Crippen MR) is 69.3 cm³/mol. The zero-order valence-corrected chi connectivity index (χ0v) is 10.9. The van der Waals surface area contributed by atoms with Gasteiger partial charge in [0.2, 0.25) is 0 Å². The third-order valence-corrected chi connectivity index (χ3v) is 3.22. The van der Waals surface area contributed by atoms with Crippen LogP contribution >= 0.6 is 0 Å². The fourth-order valence-electron chi connectivity index (χ4n) is 2.10. The molecule has 108 valence electrons. The molecule has 1 saturated heterocycles. The van der Waals surface area contributed by atoms with E-state index in [2.05, 4.69) is 5.32 Å². The number of carbonyl (C=O) groups is 2. The van der Waals surface area contributed by atoms with Crippen molar-refractivity contribution in [1.29, 1.82) is 0 Å². The van der Waals surface area contributed by atoms with Gasteiger partial charge in [-0.05, 0) is 37.5 Å². The maximum atomic E-state index is 13.7. The van der Waals surface area contributed by atoms with E-state index in [9.17, 15) is 14.0 Å². The molecule has 0 aliphatic carbocycles. The zero-order chi connectivity index (χ0) is 14.5. The number of benzene rings is 1. The number of amides is 1. The van der Waals surface area contributed by atoms with E-state index < -0.39 is 17.7 Å². The average molecular weight is 281 g/mol. The Labute approximate surface area is 115 Å². The quantitative estimate of drug-likeness (QED) is 0.882. The second kappa shape index (κ2) is 6.47. The van der Waals surface area contributed by atoms with Crippen LogP contribution in [0.3, 0.4) is 0 Å². The molecule has 1 aromatic rings. The highest BCUT2D eigenvalue weighted by Gasteiger charge is 2.18. The molecule has 1 unspecified atom stereocenters. The molecule has 0 bridgehead atoms. The van der Waals surface area contributed by atoms with Gasteiger partial charge in [-0.2, -0.15) is 0 Å². The Balaban J connectivity index is 1.96. The molecular formula is C14H16FNO4. The highest BCUT2D eigenvalue weighted by Crippen LogP contribution is 2.13. The highest BCUT2D eigenvalue weighted by molar-refractivity contribution is 5.96. The maximum Gasteiger partial charge on any atom is 0.335 e. The summed E-state index contributed by atoms with van der Waals surface area (Å²) in [6, 6.07) is 3.22. The van der Waals surface area contributed by atoms with Crippen LogP contribution in [0.15, 0.2) is 18.2 Å². The third kappa shape index (κ3) is 3.54. The van der Waals surface area contributed by atoms with E-state index in [-0.39, 0.29) is 17.2 Å². The maximum absolute atomic E-state index is 13.7. The summed E-state index contributed by atoms with van der Waals surface area (Å²) < 4.78 is 19.1. The molecule has 2 rings (SSSR count). The summed E-state index contributed by atoms with van der Waals surface area (Å²) in [4.78, 5) is 22.5. The molecule has 6 heteroatoms. The van der Waals surface area contributed by atoms with Gasteiger partial charge in [0.25, 0.3) is 5.91 Å². The number of carbonyl (C=O) groups excluding carboxylic acids is 1. The van der Waals surface area contributed by atoms with Crippen LogP contribution in [0, 0.1) is 5.82 Å². The molecule has 1 heterocycles. The van der Waals surface area contributed by atoms with Crippen LogP contribution in [0.2, 0.25) is 0 Å². The minimum Gasteiger partial charge on any atom is -0.478 e. The molecule has 1 fully saturated rings. The summed E-state index contributed by atoms with van der Waals surface area (Å²) in [5, 5.41) is 11.3. The van der Waals surface area contributed by atoms with Crippen molar-refractivity contribution >= 4 is 11.9 Å². The Morgan fingerprint density at radius 2 is 2.20 bits per heavy atom. The van der Waals surface area contributed by atoms with Crippen molar-refractivity contribution in [2.75, 3.05) is 13.2 Å². The fraction of sp³-hybridized carbons (Fsp3) is 0.429. The van der Waals surface area contributed by atoms with Crippen LogP contribution in [0.4, 0.5) is 4.39 Å². The minimum atomic E-state index is -1.23. The molecule has 1 atom stereocenters. The standard InChI is InChI=1S/C14H16FNO4/c15-12-7-9(14(18)19)4-5-11(12)13(17)16-8-10-3-1-2-6-20-10/h4-5,7,10H,1-3,6,8H2,(H,16,17)(H,18,19). The Kier molecular flexibility index (Phi) is 4.68. The summed E-state index contributed by atoms with van der Waals surface area (Å²) in [5.74, 6) is -2.63. The molecular weight excluding hydrogens is 265 g/mol. The summed E-state index contributed by atoms with van der Waals surface area (Å²) in [6.45, 7) is 1.02. The minimum absolute atomic E-state index is 0.0333. The number of carboxylic acids is 1. The summed E-state index contributed by atoms with van der Waals surface area (Å²) >= 11 is 0. The van der Waals surface area contributed by atoms with Gasteiger partial charge in [-0.15, -0.1) is 0 Å². The highest BCUT2D eigenvalue weighted by atomic mass is 19.1. The molecule has 1 aliphatic heterocycles. The van der Waals surface area contributed by atoms with Gasteiger partial charge < -0.3 is 15.2 Å². The summed E-state index contributed by atoms with van der Waals surface area (Å²) in [6.07, 6.45) is 2.92. The molecule has 0 spiro atoms. The SMILES string of the molecule is O=C(O)c1ccc(C(=O)NCC2CCCCO2)c(F)c1. The first-order chi connectivity index (χ1) is 9.58. The van der Waals surface area contributed by atoms with E-state index in [1.54, 1.807) is 0 Å². The van der Waals surface area contributed by atoms with E-state index >= 15 is 0 Å². The number of aromatic carboxylic acids is 1. The van der Waals surface area contributed by atoms with Gasteiger partial charge in [-0.25, -0.2) is 9.18 Å². The van der Waals surface area contributed by atoms with Crippen molar-refractivity contribution in [2.24, 2.45) is 0 Å². The lowest BCUT2D eigenvalue weighted by atomic mass is 10.1. The molecule has 1 aliphatic rings. The number of hydrogen-bond donors (Lipinski definition) is 2. The van der Waals surface area contributed by atoms with Gasteiger partial charge in [-0.1, -0.05) is 0 Å². The van der Waals surface area contributed by atoms with Crippen molar-refractivity contribution in [1.82, 2.24) is 5.32 Å². The second-order valence-corrected chi connectivity index (χ2v) is 4.70. The molecule has 0 saturated carbocycles. The molecule has 0 aromatic heterocycles. The van der Waals surface area contributed by atoms with Crippen LogP contribution in [0.5, 0.6) is 0 Å². The largest absolute Gasteiger partial charge is 0.478 e. The molecule has 20 heavy (non-hydrogen) atoms. The first-order valence-corrected chi connectivity index (χ1v) is 6.50. The van der Waals surface area contributed by atoms with E-state index in [4.69, 9.17) is 9.84 Å². The monoisotopic (exact) mass is 281 g/mol. The lowest BCUT2D eigenvalue weighted by molar-refractivity contribution is 0.0168. The number of carboxylic acid groups (broad SMARTS) is 1. The summed E-state index contributed by atoms with van der Waals surface area (Å²) in [7, 11) is 0. The Morgan fingerprint density at radius 1 is 1.40 bits per heavy atom. The number of halogens is 1. The Bertz CT molecular complexity index is 512. The van der Waals surface area contributed by atoms with Crippen LogP contribution in [0.1, 0.15) is 40.0 Å². The van der Waals surface area contributed by atoms with E-state index in [0.717, 1.165) is 25.3 Å². The number of nitrogens with one attached hydrogen (secondary N) is 1. The first-order valence-electron chi connectivity index (χ1n) is 6.50. The zero-order valence-electron chi connectivity index (χ0n) is 10.9. The second-order valence-electron chi connectivity index (χ2n) is 4.70. The molecule has 1 amide bonds. The molecule has 2 N–H and O–H groups in total. The van der Waals surface area contributed by atoms with Crippen LogP contribution < -0.4 is 5.32 Å². The van der Waals surface area contributed by atoms with Gasteiger partial charge in [0.15, 0.2) is 0 Å². The van der Waals surface area contributed by atoms with Crippen molar-refractivity contribution in [3.63, 3.8) is 0 Å². The van der Waals surface area contributed by atoms with Crippen molar-refractivity contribution in [3.05, 3.63) is 35.1 Å². The normalized spacial score (nSPS) is 18.6.